The molecule has 1 nitrogen and oxygen atoms in total. The predicted octanol–water partition coefficient (Wildman–Crippen LogP) is 6.48. The summed E-state index contributed by atoms with van der Waals surface area (Å²) in [5.74, 6) is -0.187. The zero-order valence-electron chi connectivity index (χ0n) is 13.7. The van der Waals surface area contributed by atoms with Gasteiger partial charge in [-0.15, -0.1) is 0 Å². The number of hydrogen-bond donors (Lipinski definition) is 1. The maximum Gasteiger partial charge on any atom is 0.123 e. The summed E-state index contributed by atoms with van der Waals surface area (Å²) in [6.07, 6.45) is 1.94. The van der Waals surface area contributed by atoms with Gasteiger partial charge >= 0.3 is 0 Å². The van der Waals surface area contributed by atoms with Gasteiger partial charge in [0, 0.05) is 21.0 Å². The largest absolute Gasteiger partial charge is 0.357 e. The molecular formula is C20H21BrFN. The molecule has 3 aromatic rings. The molecule has 1 heterocycles. The number of fused-ring (bicyclic) bond motifs is 1. The van der Waals surface area contributed by atoms with Crippen LogP contribution in [0.15, 0.2) is 46.9 Å². The molecule has 3 rings (SSSR count). The molecule has 0 radical (unpaired) electrons. The molecule has 0 aliphatic heterocycles. The second-order valence-corrected chi connectivity index (χ2v) is 6.94. The molecule has 0 saturated heterocycles. The Kier molecular flexibility index (Phi) is 4.33. The summed E-state index contributed by atoms with van der Waals surface area (Å²) < 4.78 is 14.5. The first-order valence-electron chi connectivity index (χ1n) is 8.06. The van der Waals surface area contributed by atoms with Gasteiger partial charge in [-0.1, -0.05) is 38.1 Å². The SMILES string of the molecule is CCC(CC)(c1ccc(F)cc1)c1c(C)[nH]c2c(Br)cccc12. The lowest BCUT2D eigenvalue weighted by atomic mass is 9.69. The summed E-state index contributed by atoms with van der Waals surface area (Å²) in [7, 11) is 0. The van der Waals surface area contributed by atoms with E-state index in [1.165, 1.54) is 22.2 Å². The molecule has 0 aliphatic carbocycles. The number of benzene rings is 2. The van der Waals surface area contributed by atoms with Gasteiger partial charge < -0.3 is 4.98 Å². The van der Waals surface area contributed by atoms with Crippen LogP contribution >= 0.6 is 15.9 Å². The number of nitrogens with one attached hydrogen (secondary N) is 1. The molecular weight excluding hydrogens is 353 g/mol. The third-order valence-corrected chi connectivity index (χ3v) is 5.71. The van der Waals surface area contributed by atoms with Crippen LogP contribution in [0.25, 0.3) is 10.9 Å². The Balaban J connectivity index is 2.33. The molecule has 0 bridgehead atoms. The van der Waals surface area contributed by atoms with Crippen LogP contribution in [0.5, 0.6) is 0 Å². The van der Waals surface area contributed by atoms with E-state index in [0.29, 0.717) is 0 Å². The first kappa shape index (κ1) is 16.3. The lowest BCUT2D eigenvalue weighted by Gasteiger charge is -2.33. The number of para-hydroxylation sites is 1. The third kappa shape index (κ3) is 2.51. The van der Waals surface area contributed by atoms with Crippen molar-refractivity contribution in [1.29, 1.82) is 0 Å². The number of rotatable bonds is 4. The Bertz CT molecular complexity index is 829. The lowest BCUT2D eigenvalue weighted by Crippen LogP contribution is -2.26. The fourth-order valence-electron chi connectivity index (χ4n) is 3.85. The van der Waals surface area contributed by atoms with Gasteiger partial charge in [0.15, 0.2) is 0 Å². The summed E-state index contributed by atoms with van der Waals surface area (Å²) in [6, 6.07) is 13.3. The van der Waals surface area contributed by atoms with E-state index in [9.17, 15) is 4.39 Å². The van der Waals surface area contributed by atoms with Crippen molar-refractivity contribution in [3.8, 4) is 0 Å². The van der Waals surface area contributed by atoms with E-state index in [1.807, 2.05) is 12.1 Å². The maximum absolute atomic E-state index is 13.4. The fraction of sp³-hybridized carbons (Fsp3) is 0.300. The van der Waals surface area contributed by atoms with E-state index in [1.54, 1.807) is 12.1 Å². The van der Waals surface area contributed by atoms with Gasteiger partial charge in [-0.05, 0) is 65.0 Å². The standard InChI is InChI=1S/C20H21BrFN/c1-4-20(5-2,14-9-11-15(22)12-10-14)18-13(3)23-19-16(18)7-6-8-17(19)21/h6-12,23H,4-5H2,1-3H3. The topological polar surface area (TPSA) is 15.8 Å². The highest BCUT2D eigenvalue weighted by atomic mass is 79.9. The summed E-state index contributed by atoms with van der Waals surface area (Å²) in [4.78, 5) is 3.53. The normalized spacial score (nSPS) is 12.0. The van der Waals surface area contributed by atoms with Gasteiger partial charge in [0.2, 0.25) is 0 Å². The average Bonchev–Trinajstić information content (AvgIpc) is 2.89. The van der Waals surface area contributed by atoms with Gasteiger partial charge in [-0.3, -0.25) is 0 Å². The molecule has 0 saturated carbocycles. The second kappa shape index (κ2) is 6.12. The average molecular weight is 374 g/mol. The molecule has 1 aromatic heterocycles. The molecule has 0 amide bonds. The van der Waals surface area contributed by atoms with Crippen LogP contribution in [0.2, 0.25) is 0 Å². The van der Waals surface area contributed by atoms with Crippen molar-refractivity contribution >= 4 is 26.8 Å². The molecule has 0 spiro atoms. The lowest BCUT2D eigenvalue weighted by molar-refractivity contribution is 0.478. The number of H-pyrrole nitrogens is 1. The monoisotopic (exact) mass is 373 g/mol. The quantitative estimate of drug-likeness (QED) is 0.538. The zero-order chi connectivity index (χ0) is 16.6. The summed E-state index contributed by atoms with van der Waals surface area (Å²) >= 11 is 3.64. The molecule has 1 N–H and O–H groups in total. The van der Waals surface area contributed by atoms with Crippen molar-refractivity contribution in [2.75, 3.05) is 0 Å². The highest BCUT2D eigenvalue weighted by molar-refractivity contribution is 9.10. The van der Waals surface area contributed by atoms with E-state index in [-0.39, 0.29) is 11.2 Å². The van der Waals surface area contributed by atoms with E-state index >= 15 is 0 Å². The minimum Gasteiger partial charge on any atom is -0.357 e. The Labute approximate surface area is 145 Å². The number of aromatic amines is 1. The second-order valence-electron chi connectivity index (χ2n) is 6.08. The molecule has 23 heavy (non-hydrogen) atoms. The van der Waals surface area contributed by atoms with Crippen LogP contribution in [0.1, 0.15) is 43.5 Å². The molecule has 0 aliphatic rings. The number of aryl methyl sites for hydroxylation is 1. The smallest absolute Gasteiger partial charge is 0.123 e. The molecule has 0 unspecified atom stereocenters. The van der Waals surface area contributed by atoms with E-state index in [0.717, 1.165) is 22.8 Å². The Morgan fingerprint density at radius 3 is 2.30 bits per heavy atom. The molecule has 0 atom stereocenters. The first-order chi connectivity index (χ1) is 11.0. The fourth-order valence-corrected chi connectivity index (χ4v) is 4.32. The van der Waals surface area contributed by atoms with Gasteiger partial charge in [0.05, 0.1) is 5.52 Å². The predicted molar refractivity (Wildman–Crippen MR) is 98.5 cm³/mol. The van der Waals surface area contributed by atoms with Crippen LogP contribution in [-0.4, -0.2) is 4.98 Å². The molecule has 3 heteroatoms. The molecule has 0 fully saturated rings. The number of aromatic nitrogens is 1. The van der Waals surface area contributed by atoms with Crippen molar-refractivity contribution in [2.45, 2.75) is 39.0 Å². The van der Waals surface area contributed by atoms with Crippen molar-refractivity contribution < 1.29 is 4.39 Å². The van der Waals surface area contributed by atoms with E-state index in [4.69, 9.17) is 0 Å². The maximum atomic E-state index is 13.4. The summed E-state index contributed by atoms with van der Waals surface area (Å²) in [6.45, 7) is 6.55. The Morgan fingerprint density at radius 1 is 1.04 bits per heavy atom. The van der Waals surface area contributed by atoms with Gasteiger partial charge in [-0.25, -0.2) is 4.39 Å². The van der Waals surface area contributed by atoms with Crippen LogP contribution in [0, 0.1) is 12.7 Å². The zero-order valence-corrected chi connectivity index (χ0v) is 15.3. The van der Waals surface area contributed by atoms with Gasteiger partial charge in [0.25, 0.3) is 0 Å². The minimum absolute atomic E-state index is 0.114. The molecule has 120 valence electrons. The van der Waals surface area contributed by atoms with Crippen molar-refractivity contribution in [2.24, 2.45) is 0 Å². The van der Waals surface area contributed by atoms with Crippen molar-refractivity contribution in [3.63, 3.8) is 0 Å². The van der Waals surface area contributed by atoms with Gasteiger partial charge in [0.1, 0.15) is 5.82 Å². The number of hydrogen-bond acceptors (Lipinski definition) is 0. The van der Waals surface area contributed by atoms with E-state index < -0.39 is 0 Å². The highest BCUT2D eigenvalue weighted by Crippen LogP contribution is 2.44. The van der Waals surface area contributed by atoms with Crippen molar-refractivity contribution in [3.05, 3.63) is 69.6 Å². The highest BCUT2D eigenvalue weighted by Gasteiger charge is 2.34. The van der Waals surface area contributed by atoms with Crippen molar-refractivity contribution in [1.82, 2.24) is 4.98 Å². The van der Waals surface area contributed by atoms with Crippen LogP contribution in [0.4, 0.5) is 4.39 Å². The first-order valence-corrected chi connectivity index (χ1v) is 8.86. The van der Waals surface area contributed by atoms with E-state index in [2.05, 4.69) is 59.9 Å². The number of halogens is 2. The Hall–Kier alpha value is -1.61. The Morgan fingerprint density at radius 2 is 1.70 bits per heavy atom. The minimum atomic E-state index is -0.187. The molecule has 2 aromatic carbocycles. The summed E-state index contributed by atoms with van der Waals surface area (Å²) in [5.41, 5.74) is 4.70. The van der Waals surface area contributed by atoms with Gasteiger partial charge in [-0.2, -0.15) is 0 Å². The third-order valence-electron chi connectivity index (χ3n) is 5.05. The van der Waals surface area contributed by atoms with Crippen LogP contribution in [-0.2, 0) is 5.41 Å². The summed E-state index contributed by atoms with van der Waals surface area (Å²) in [5, 5.41) is 1.24. The van der Waals surface area contributed by atoms with Crippen LogP contribution < -0.4 is 0 Å². The van der Waals surface area contributed by atoms with Crippen LogP contribution in [0.3, 0.4) is 0 Å².